The molecule has 3 nitrogen and oxygen atoms in total. The topological polar surface area (TPSA) is 41.6 Å². The van der Waals surface area contributed by atoms with E-state index in [4.69, 9.17) is 5.26 Å². The highest BCUT2D eigenvalue weighted by Crippen LogP contribution is 2.15. The Hall–Kier alpha value is -1.82. The van der Waals surface area contributed by atoms with Crippen LogP contribution in [-0.4, -0.2) is 9.55 Å². The monoisotopic (exact) mass is 157 g/mol. The predicted molar refractivity (Wildman–Crippen MR) is 45.4 cm³/mol. The first-order valence-electron chi connectivity index (χ1n) is 3.63. The zero-order chi connectivity index (χ0) is 8.55. The molecule has 12 heavy (non-hydrogen) atoms. The van der Waals surface area contributed by atoms with Gasteiger partial charge in [0.15, 0.2) is 0 Å². The summed E-state index contributed by atoms with van der Waals surface area (Å²) in [6.45, 7) is 0. The molecule has 0 saturated heterocycles. The van der Waals surface area contributed by atoms with Gasteiger partial charge in [0.2, 0.25) is 0 Å². The molecule has 0 aliphatic rings. The van der Waals surface area contributed by atoms with Crippen LogP contribution in [0, 0.1) is 11.3 Å². The van der Waals surface area contributed by atoms with Crippen LogP contribution in [0.4, 0.5) is 0 Å². The zero-order valence-corrected chi connectivity index (χ0v) is 6.65. The Morgan fingerprint density at radius 1 is 1.50 bits per heavy atom. The molecule has 0 aliphatic heterocycles. The van der Waals surface area contributed by atoms with Gasteiger partial charge >= 0.3 is 0 Å². The number of hydrogen-bond acceptors (Lipinski definition) is 2. The molecule has 0 N–H and O–H groups in total. The summed E-state index contributed by atoms with van der Waals surface area (Å²) in [4.78, 5) is 4.16. The molecular formula is C9H7N3. The molecular weight excluding hydrogens is 150 g/mol. The van der Waals surface area contributed by atoms with Crippen LogP contribution < -0.4 is 0 Å². The van der Waals surface area contributed by atoms with Crippen LogP contribution in [0.3, 0.4) is 0 Å². The number of aryl methyl sites for hydroxylation is 1. The summed E-state index contributed by atoms with van der Waals surface area (Å²) < 4.78 is 1.90. The fourth-order valence-electron chi connectivity index (χ4n) is 1.26. The van der Waals surface area contributed by atoms with Crippen molar-refractivity contribution in [1.82, 2.24) is 9.55 Å². The zero-order valence-electron chi connectivity index (χ0n) is 6.65. The van der Waals surface area contributed by atoms with Crippen molar-refractivity contribution in [1.29, 1.82) is 5.26 Å². The lowest BCUT2D eigenvalue weighted by molar-refractivity contribution is 0.948. The van der Waals surface area contributed by atoms with E-state index in [1.54, 1.807) is 12.3 Å². The molecule has 0 saturated carbocycles. The third-order valence-corrected chi connectivity index (χ3v) is 1.89. The lowest BCUT2D eigenvalue weighted by Crippen LogP contribution is -1.87. The number of aromatic nitrogens is 2. The van der Waals surface area contributed by atoms with Gasteiger partial charge in [-0.3, -0.25) is 0 Å². The first-order valence-corrected chi connectivity index (χ1v) is 3.63. The summed E-state index contributed by atoms with van der Waals surface area (Å²) in [5.41, 5.74) is 1.54. The van der Waals surface area contributed by atoms with E-state index in [1.807, 2.05) is 23.9 Å². The van der Waals surface area contributed by atoms with Crippen molar-refractivity contribution < 1.29 is 0 Å². The number of nitrogens with zero attached hydrogens (tertiary/aromatic N) is 3. The van der Waals surface area contributed by atoms with E-state index in [-0.39, 0.29) is 0 Å². The summed E-state index contributed by atoms with van der Waals surface area (Å²) in [6.07, 6.45) is 3.55. The molecule has 0 aromatic carbocycles. The highest BCUT2D eigenvalue weighted by Gasteiger charge is 2.02. The minimum atomic E-state index is 0.681. The molecule has 2 rings (SSSR count). The quantitative estimate of drug-likeness (QED) is 0.580. The van der Waals surface area contributed by atoms with Gasteiger partial charge in [-0.25, -0.2) is 4.98 Å². The van der Waals surface area contributed by atoms with Gasteiger partial charge in [0.25, 0.3) is 0 Å². The first kappa shape index (κ1) is 6.86. The average molecular weight is 157 g/mol. The largest absolute Gasteiger partial charge is 0.336 e. The molecule has 0 unspecified atom stereocenters. The summed E-state index contributed by atoms with van der Waals surface area (Å²) in [6, 6.07) is 5.76. The lowest BCUT2D eigenvalue weighted by Gasteiger charge is -1.94. The van der Waals surface area contributed by atoms with E-state index in [0.717, 1.165) is 11.0 Å². The van der Waals surface area contributed by atoms with Gasteiger partial charge < -0.3 is 4.57 Å². The third kappa shape index (κ3) is 0.785. The minimum Gasteiger partial charge on any atom is -0.336 e. The van der Waals surface area contributed by atoms with Crippen molar-refractivity contribution in [2.75, 3.05) is 0 Å². The van der Waals surface area contributed by atoms with Gasteiger partial charge in [-0.1, -0.05) is 0 Å². The van der Waals surface area contributed by atoms with Gasteiger partial charge in [0, 0.05) is 24.8 Å². The van der Waals surface area contributed by atoms with Gasteiger partial charge in [0.05, 0.1) is 11.6 Å². The average Bonchev–Trinajstić information content (AvgIpc) is 2.48. The van der Waals surface area contributed by atoms with Crippen LogP contribution in [0.1, 0.15) is 5.56 Å². The Bertz CT molecular complexity index is 462. The van der Waals surface area contributed by atoms with Crippen molar-refractivity contribution >= 4 is 11.0 Å². The maximum Gasteiger partial charge on any atom is 0.140 e. The number of rotatable bonds is 0. The molecule has 0 bridgehead atoms. The summed E-state index contributed by atoms with van der Waals surface area (Å²) in [5.74, 6) is 0. The van der Waals surface area contributed by atoms with Crippen molar-refractivity contribution in [3.63, 3.8) is 0 Å². The molecule has 2 heterocycles. The third-order valence-electron chi connectivity index (χ3n) is 1.89. The van der Waals surface area contributed by atoms with Crippen LogP contribution in [0.2, 0.25) is 0 Å². The molecule has 2 aromatic rings. The van der Waals surface area contributed by atoms with Crippen LogP contribution in [-0.2, 0) is 7.05 Å². The van der Waals surface area contributed by atoms with Gasteiger partial charge in [-0.05, 0) is 12.1 Å². The molecule has 0 radical (unpaired) electrons. The Balaban J connectivity index is 2.92. The molecule has 58 valence electrons. The Kier molecular flexibility index (Phi) is 1.34. The van der Waals surface area contributed by atoms with Gasteiger partial charge in [0.1, 0.15) is 5.65 Å². The molecule has 0 fully saturated rings. The summed E-state index contributed by atoms with van der Waals surface area (Å²) in [5, 5.41) is 9.68. The molecule has 0 spiro atoms. The van der Waals surface area contributed by atoms with Crippen molar-refractivity contribution in [3.05, 3.63) is 30.1 Å². The summed E-state index contributed by atoms with van der Waals surface area (Å²) in [7, 11) is 1.91. The second-order valence-corrected chi connectivity index (χ2v) is 2.63. The maximum absolute atomic E-state index is 8.76. The van der Waals surface area contributed by atoms with Crippen LogP contribution in [0.5, 0.6) is 0 Å². The van der Waals surface area contributed by atoms with Crippen molar-refractivity contribution in [2.45, 2.75) is 0 Å². The first-order chi connectivity index (χ1) is 5.83. The number of fused-ring (bicyclic) bond motifs is 1. The Morgan fingerprint density at radius 2 is 2.33 bits per heavy atom. The van der Waals surface area contributed by atoms with E-state index in [1.165, 1.54) is 0 Å². The fourth-order valence-corrected chi connectivity index (χ4v) is 1.26. The van der Waals surface area contributed by atoms with E-state index in [0.29, 0.717) is 5.56 Å². The van der Waals surface area contributed by atoms with E-state index >= 15 is 0 Å². The van der Waals surface area contributed by atoms with Crippen LogP contribution in [0.15, 0.2) is 24.5 Å². The molecule has 3 heteroatoms. The SMILES string of the molecule is Cn1ccc2c(C#N)ccnc21. The Labute approximate surface area is 69.9 Å². The number of pyridine rings is 1. The normalized spacial score (nSPS) is 10.0. The molecule has 0 aliphatic carbocycles. The number of hydrogen-bond donors (Lipinski definition) is 0. The maximum atomic E-state index is 8.76. The second-order valence-electron chi connectivity index (χ2n) is 2.63. The molecule has 0 atom stereocenters. The smallest absolute Gasteiger partial charge is 0.140 e. The minimum absolute atomic E-state index is 0.681. The standard InChI is InChI=1S/C9H7N3/c1-12-5-3-8-7(6-10)2-4-11-9(8)12/h2-5H,1H3. The van der Waals surface area contributed by atoms with Gasteiger partial charge in [-0.2, -0.15) is 5.26 Å². The number of nitriles is 1. The van der Waals surface area contributed by atoms with E-state index < -0.39 is 0 Å². The highest BCUT2D eigenvalue weighted by atomic mass is 15.0. The second kappa shape index (κ2) is 2.35. The fraction of sp³-hybridized carbons (Fsp3) is 0.111. The van der Waals surface area contributed by atoms with E-state index in [2.05, 4.69) is 11.1 Å². The van der Waals surface area contributed by atoms with E-state index in [9.17, 15) is 0 Å². The predicted octanol–water partition coefficient (Wildman–Crippen LogP) is 1.44. The lowest BCUT2D eigenvalue weighted by atomic mass is 10.2. The molecule has 2 aromatic heterocycles. The highest BCUT2D eigenvalue weighted by molar-refractivity contribution is 5.82. The van der Waals surface area contributed by atoms with Crippen LogP contribution in [0.25, 0.3) is 11.0 Å². The van der Waals surface area contributed by atoms with Crippen LogP contribution >= 0.6 is 0 Å². The summed E-state index contributed by atoms with van der Waals surface area (Å²) >= 11 is 0. The molecule has 0 amide bonds. The van der Waals surface area contributed by atoms with Crippen molar-refractivity contribution in [3.8, 4) is 6.07 Å². The van der Waals surface area contributed by atoms with Gasteiger partial charge in [-0.15, -0.1) is 0 Å². The Morgan fingerprint density at radius 3 is 3.08 bits per heavy atom. The van der Waals surface area contributed by atoms with Crippen molar-refractivity contribution in [2.24, 2.45) is 7.05 Å².